The van der Waals surface area contributed by atoms with Crippen molar-refractivity contribution in [3.8, 4) is 0 Å². The predicted octanol–water partition coefficient (Wildman–Crippen LogP) is 4.96. The molecular formula is C27H25N3O2. The normalized spacial score (nSPS) is 11.3. The lowest BCUT2D eigenvalue weighted by molar-refractivity contribution is -0.124. The van der Waals surface area contributed by atoms with Gasteiger partial charge in [0.05, 0.1) is 11.2 Å². The van der Waals surface area contributed by atoms with Crippen molar-refractivity contribution < 1.29 is 10.0 Å². The third-order valence-corrected chi connectivity index (χ3v) is 5.21. The molecule has 4 rings (SSSR count). The quantitative estimate of drug-likeness (QED) is 0.239. The van der Waals surface area contributed by atoms with Gasteiger partial charge in [0.25, 0.3) is 5.91 Å². The molecule has 0 saturated heterocycles. The lowest BCUT2D eigenvalue weighted by Gasteiger charge is -2.22. The summed E-state index contributed by atoms with van der Waals surface area (Å²) < 4.78 is 0. The van der Waals surface area contributed by atoms with Crippen LogP contribution in [0.15, 0.2) is 97.1 Å². The van der Waals surface area contributed by atoms with E-state index in [9.17, 15) is 4.79 Å². The Kier molecular flexibility index (Phi) is 7.02. The first-order valence-corrected chi connectivity index (χ1v) is 10.5. The number of para-hydroxylation sites is 1. The Balaban J connectivity index is 1.52. The maximum absolute atomic E-state index is 11.2. The monoisotopic (exact) mass is 423 g/mol. The molecule has 0 fully saturated rings. The van der Waals surface area contributed by atoms with Crippen molar-refractivity contribution in [2.24, 2.45) is 0 Å². The van der Waals surface area contributed by atoms with E-state index < -0.39 is 5.91 Å². The molecule has 0 radical (unpaired) electrons. The minimum absolute atomic E-state index is 0.550. The number of carbonyl (C=O) groups excluding carboxylic acids is 1. The molecule has 0 unspecified atom stereocenters. The molecular weight excluding hydrogens is 398 g/mol. The molecule has 0 aliphatic heterocycles. The molecule has 0 bridgehead atoms. The molecule has 3 aromatic carbocycles. The molecule has 5 heteroatoms. The zero-order chi connectivity index (χ0) is 22.2. The fourth-order valence-electron chi connectivity index (χ4n) is 3.64. The van der Waals surface area contributed by atoms with Crippen LogP contribution in [0.4, 0.5) is 0 Å². The van der Waals surface area contributed by atoms with Crippen molar-refractivity contribution in [3.05, 3.63) is 119 Å². The van der Waals surface area contributed by atoms with Gasteiger partial charge in [0.1, 0.15) is 0 Å². The number of pyridine rings is 1. The number of carbonyl (C=O) groups is 1. The third kappa shape index (κ3) is 5.88. The number of fused-ring (bicyclic) bond motifs is 1. The van der Waals surface area contributed by atoms with Crippen molar-refractivity contribution in [1.29, 1.82) is 0 Å². The second kappa shape index (κ2) is 10.5. The summed E-state index contributed by atoms with van der Waals surface area (Å²) in [6.07, 6.45) is 2.96. The van der Waals surface area contributed by atoms with Gasteiger partial charge in [0.15, 0.2) is 0 Å². The number of nitrogens with zero attached hydrogens (tertiary/aromatic N) is 2. The summed E-state index contributed by atoms with van der Waals surface area (Å²) in [6.45, 7) is 2.32. The number of rotatable bonds is 8. The Morgan fingerprint density at radius 1 is 0.812 bits per heavy atom. The van der Waals surface area contributed by atoms with Crippen molar-refractivity contribution in [3.63, 3.8) is 0 Å². The largest absolute Gasteiger partial charge is 0.289 e. The summed E-state index contributed by atoms with van der Waals surface area (Å²) in [7, 11) is 0. The molecule has 4 aromatic rings. The third-order valence-electron chi connectivity index (χ3n) is 5.21. The standard InChI is InChI=1S/C27H25N3O2/c31-27(29-32)17-14-21-10-12-23(13-11-21)19-30(18-22-6-2-1-3-7-22)20-25-16-15-24-8-4-5-9-26(24)28-25/h1-17,32H,18-20H2,(H,29,31)/b17-14+. The fourth-order valence-corrected chi connectivity index (χ4v) is 3.64. The van der Waals surface area contributed by atoms with Crippen LogP contribution in [0.2, 0.25) is 0 Å². The van der Waals surface area contributed by atoms with Crippen molar-refractivity contribution >= 4 is 22.9 Å². The van der Waals surface area contributed by atoms with E-state index in [1.54, 1.807) is 11.6 Å². The van der Waals surface area contributed by atoms with Crippen LogP contribution in [-0.2, 0) is 24.4 Å². The van der Waals surface area contributed by atoms with Gasteiger partial charge in [-0.3, -0.25) is 19.9 Å². The van der Waals surface area contributed by atoms with Gasteiger partial charge in [-0.15, -0.1) is 0 Å². The van der Waals surface area contributed by atoms with Crippen LogP contribution < -0.4 is 5.48 Å². The first-order chi connectivity index (χ1) is 15.7. The maximum Gasteiger partial charge on any atom is 0.267 e. The number of nitrogens with one attached hydrogen (secondary N) is 1. The summed E-state index contributed by atoms with van der Waals surface area (Å²) in [5.74, 6) is -0.550. The Labute approximate surface area is 187 Å². The van der Waals surface area contributed by atoms with Crippen molar-refractivity contribution in [2.75, 3.05) is 0 Å². The van der Waals surface area contributed by atoms with E-state index in [2.05, 4.69) is 59.5 Å². The highest BCUT2D eigenvalue weighted by molar-refractivity contribution is 5.90. The van der Waals surface area contributed by atoms with Crippen LogP contribution in [0, 0.1) is 0 Å². The Morgan fingerprint density at radius 2 is 1.50 bits per heavy atom. The highest BCUT2D eigenvalue weighted by Crippen LogP contribution is 2.17. The lowest BCUT2D eigenvalue weighted by Crippen LogP contribution is -2.23. The topological polar surface area (TPSA) is 65.5 Å². The van der Waals surface area contributed by atoms with Gasteiger partial charge in [-0.25, -0.2) is 5.48 Å². The zero-order valence-corrected chi connectivity index (χ0v) is 17.7. The number of amides is 1. The molecule has 160 valence electrons. The lowest BCUT2D eigenvalue weighted by atomic mass is 10.1. The Morgan fingerprint density at radius 3 is 2.25 bits per heavy atom. The van der Waals surface area contributed by atoms with E-state index in [-0.39, 0.29) is 0 Å². The highest BCUT2D eigenvalue weighted by Gasteiger charge is 2.10. The van der Waals surface area contributed by atoms with Crippen molar-refractivity contribution in [1.82, 2.24) is 15.4 Å². The summed E-state index contributed by atoms with van der Waals surface area (Å²) in [6, 6.07) is 30.9. The van der Waals surface area contributed by atoms with E-state index in [0.29, 0.717) is 0 Å². The average Bonchev–Trinajstić information content (AvgIpc) is 2.84. The molecule has 0 spiro atoms. The summed E-state index contributed by atoms with van der Waals surface area (Å²) in [5.41, 5.74) is 6.95. The van der Waals surface area contributed by atoms with Gasteiger partial charge in [-0.05, 0) is 34.9 Å². The Hall–Kier alpha value is -3.80. The highest BCUT2D eigenvalue weighted by atomic mass is 16.5. The van der Waals surface area contributed by atoms with Crippen LogP contribution in [0.25, 0.3) is 17.0 Å². The zero-order valence-electron chi connectivity index (χ0n) is 17.7. The van der Waals surface area contributed by atoms with Crippen LogP contribution in [0.3, 0.4) is 0 Å². The average molecular weight is 424 g/mol. The minimum atomic E-state index is -0.550. The second-order valence-electron chi connectivity index (χ2n) is 7.68. The first-order valence-electron chi connectivity index (χ1n) is 10.5. The molecule has 0 saturated carbocycles. The van der Waals surface area contributed by atoms with E-state index in [4.69, 9.17) is 10.2 Å². The second-order valence-corrected chi connectivity index (χ2v) is 7.68. The van der Waals surface area contributed by atoms with E-state index >= 15 is 0 Å². The van der Waals surface area contributed by atoms with Gasteiger partial charge in [0, 0.05) is 31.1 Å². The van der Waals surface area contributed by atoms with Crippen LogP contribution in [-0.4, -0.2) is 21.0 Å². The predicted molar refractivity (Wildman–Crippen MR) is 127 cm³/mol. The molecule has 1 aromatic heterocycles. The molecule has 1 amide bonds. The summed E-state index contributed by atoms with van der Waals surface area (Å²) >= 11 is 0. The van der Waals surface area contributed by atoms with Gasteiger partial charge in [-0.2, -0.15) is 0 Å². The van der Waals surface area contributed by atoms with E-state index in [1.807, 2.05) is 36.4 Å². The Bertz CT molecular complexity index is 1200. The number of benzene rings is 3. The van der Waals surface area contributed by atoms with Gasteiger partial charge in [-0.1, -0.05) is 78.9 Å². The molecule has 0 aliphatic rings. The molecule has 1 heterocycles. The number of hydrogen-bond acceptors (Lipinski definition) is 4. The van der Waals surface area contributed by atoms with Crippen LogP contribution in [0.1, 0.15) is 22.4 Å². The van der Waals surface area contributed by atoms with E-state index in [0.717, 1.165) is 41.8 Å². The fraction of sp³-hybridized carbons (Fsp3) is 0.111. The molecule has 32 heavy (non-hydrogen) atoms. The van der Waals surface area contributed by atoms with Gasteiger partial charge >= 0.3 is 0 Å². The van der Waals surface area contributed by atoms with Crippen molar-refractivity contribution in [2.45, 2.75) is 19.6 Å². The molecule has 0 aliphatic carbocycles. The smallest absolute Gasteiger partial charge is 0.267 e. The van der Waals surface area contributed by atoms with Gasteiger partial charge < -0.3 is 0 Å². The van der Waals surface area contributed by atoms with Crippen LogP contribution >= 0.6 is 0 Å². The molecule has 0 atom stereocenters. The number of aromatic nitrogens is 1. The van der Waals surface area contributed by atoms with E-state index in [1.165, 1.54) is 17.2 Å². The molecule has 5 nitrogen and oxygen atoms in total. The van der Waals surface area contributed by atoms with Crippen LogP contribution in [0.5, 0.6) is 0 Å². The molecule has 2 N–H and O–H groups in total. The maximum atomic E-state index is 11.2. The SMILES string of the molecule is O=C(/C=C/c1ccc(CN(Cc2ccccc2)Cc2ccc3ccccc3n2)cc1)NO. The number of hydroxylamine groups is 1. The first kappa shape index (κ1) is 21.4. The summed E-state index contributed by atoms with van der Waals surface area (Å²) in [5, 5.41) is 9.74. The summed E-state index contributed by atoms with van der Waals surface area (Å²) in [4.78, 5) is 18.4. The minimum Gasteiger partial charge on any atom is -0.289 e. The number of hydrogen-bond donors (Lipinski definition) is 2. The van der Waals surface area contributed by atoms with Gasteiger partial charge in [0.2, 0.25) is 0 Å².